The minimum absolute atomic E-state index is 0.0153. The molecule has 38 heavy (non-hydrogen) atoms. The Balaban J connectivity index is 1.35. The SMILES string of the molecule is O=C(NCc1ccco1)[C@@H]1COC2(CCN(C(=O)c3cccc([N+](=O)[O-])c3)CC2)N1C(=O)c1ccccc1. The number of benzene rings is 2. The van der Waals surface area contributed by atoms with Gasteiger partial charge in [0.15, 0.2) is 0 Å². The topological polar surface area (TPSA) is 135 Å². The summed E-state index contributed by atoms with van der Waals surface area (Å²) in [6.45, 7) is 0.692. The smallest absolute Gasteiger partial charge is 0.270 e. The Kier molecular flexibility index (Phi) is 6.93. The number of hydrogen-bond acceptors (Lipinski definition) is 7. The summed E-state index contributed by atoms with van der Waals surface area (Å²) >= 11 is 0. The number of carbonyl (C=O) groups is 3. The van der Waals surface area contributed by atoms with Crippen molar-refractivity contribution in [3.63, 3.8) is 0 Å². The minimum Gasteiger partial charge on any atom is -0.467 e. The van der Waals surface area contributed by atoms with Crippen LogP contribution in [0.25, 0.3) is 0 Å². The number of nitro groups is 1. The summed E-state index contributed by atoms with van der Waals surface area (Å²) in [6.07, 6.45) is 2.09. The van der Waals surface area contributed by atoms with Crippen LogP contribution < -0.4 is 5.32 Å². The van der Waals surface area contributed by atoms with Crippen molar-refractivity contribution in [2.75, 3.05) is 19.7 Å². The Labute approximate surface area is 218 Å². The zero-order valence-corrected chi connectivity index (χ0v) is 20.4. The van der Waals surface area contributed by atoms with Gasteiger partial charge in [-0.25, -0.2) is 0 Å². The first kappa shape index (κ1) is 25.2. The Bertz CT molecular complexity index is 1330. The van der Waals surface area contributed by atoms with E-state index in [1.807, 2.05) is 0 Å². The number of furan rings is 1. The lowest BCUT2D eigenvalue weighted by atomic mass is 9.96. The van der Waals surface area contributed by atoms with E-state index in [0.29, 0.717) is 11.3 Å². The molecule has 0 unspecified atom stereocenters. The van der Waals surface area contributed by atoms with Crippen LogP contribution in [0.1, 0.15) is 39.3 Å². The van der Waals surface area contributed by atoms with Gasteiger partial charge in [-0.2, -0.15) is 0 Å². The van der Waals surface area contributed by atoms with Crippen LogP contribution in [-0.2, 0) is 16.1 Å². The van der Waals surface area contributed by atoms with E-state index >= 15 is 0 Å². The molecular formula is C27H26N4O7. The highest BCUT2D eigenvalue weighted by Gasteiger charge is 2.54. The first-order chi connectivity index (χ1) is 18.4. The lowest BCUT2D eigenvalue weighted by molar-refractivity contribution is -0.384. The Hall–Kier alpha value is -4.51. The fourth-order valence-corrected chi connectivity index (χ4v) is 4.99. The second kappa shape index (κ2) is 10.5. The van der Waals surface area contributed by atoms with Crippen molar-refractivity contribution in [3.8, 4) is 0 Å². The van der Waals surface area contributed by atoms with Gasteiger partial charge in [-0.05, 0) is 30.3 Å². The molecule has 2 aliphatic rings. The van der Waals surface area contributed by atoms with Crippen molar-refractivity contribution in [1.29, 1.82) is 0 Å². The molecule has 2 fully saturated rings. The van der Waals surface area contributed by atoms with E-state index in [0.717, 1.165) is 0 Å². The highest BCUT2D eigenvalue weighted by molar-refractivity contribution is 5.98. The highest BCUT2D eigenvalue weighted by atomic mass is 16.6. The molecule has 5 rings (SSSR count). The van der Waals surface area contributed by atoms with Crippen molar-refractivity contribution in [2.45, 2.75) is 31.2 Å². The molecule has 1 aromatic heterocycles. The van der Waals surface area contributed by atoms with Crippen LogP contribution in [0.4, 0.5) is 5.69 Å². The van der Waals surface area contributed by atoms with E-state index in [-0.39, 0.29) is 68.1 Å². The molecule has 0 radical (unpaired) electrons. The van der Waals surface area contributed by atoms with Gasteiger partial charge in [0.1, 0.15) is 17.5 Å². The molecule has 0 saturated carbocycles. The number of nitro benzene ring substituents is 1. The highest BCUT2D eigenvalue weighted by Crippen LogP contribution is 2.39. The number of ether oxygens (including phenoxy) is 1. The van der Waals surface area contributed by atoms with Gasteiger partial charge in [-0.3, -0.25) is 29.4 Å². The molecule has 3 heterocycles. The number of rotatable bonds is 6. The molecule has 3 aromatic rings. The number of nitrogens with one attached hydrogen (secondary N) is 1. The van der Waals surface area contributed by atoms with Crippen molar-refractivity contribution >= 4 is 23.4 Å². The number of non-ortho nitro benzene ring substituents is 1. The van der Waals surface area contributed by atoms with Gasteiger partial charge in [0.05, 0.1) is 24.3 Å². The second-order valence-corrected chi connectivity index (χ2v) is 9.21. The van der Waals surface area contributed by atoms with Crippen LogP contribution in [-0.4, -0.2) is 63.9 Å². The fourth-order valence-electron chi connectivity index (χ4n) is 4.99. The van der Waals surface area contributed by atoms with Crippen LogP contribution in [0.3, 0.4) is 0 Å². The van der Waals surface area contributed by atoms with Crippen molar-refractivity contribution in [1.82, 2.24) is 15.1 Å². The third-order valence-electron chi connectivity index (χ3n) is 6.96. The van der Waals surface area contributed by atoms with E-state index in [2.05, 4.69) is 5.32 Å². The zero-order valence-electron chi connectivity index (χ0n) is 20.4. The van der Waals surface area contributed by atoms with Gasteiger partial charge in [0, 0.05) is 49.2 Å². The van der Waals surface area contributed by atoms with E-state index in [9.17, 15) is 24.5 Å². The van der Waals surface area contributed by atoms with Gasteiger partial charge in [0.2, 0.25) is 5.91 Å². The molecule has 1 spiro atoms. The van der Waals surface area contributed by atoms with Gasteiger partial charge < -0.3 is 19.4 Å². The lowest BCUT2D eigenvalue weighted by Gasteiger charge is -2.44. The van der Waals surface area contributed by atoms with Crippen molar-refractivity contribution < 1.29 is 28.5 Å². The van der Waals surface area contributed by atoms with E-state index in [1.54, 1.807) is 47.4 Å². The average molecular weight is 519 g/mol. The Morgan fingerprint density at radius 2 is 1.71 bits per heavy atom. The number of hydrogen-bond donors (Lipinski definition) is 1. The summed E-state index contributed by atoms with van der Waals surface area (Å²) < 4.78 is 11.5. The molecule has 1 N–H and O–H groups in total. The third kappa shape index (κ3) is 4.88. The number of likely N-dealkylation sites (tertiary alicyclic amines) is 1. The Morgan fingerprint density at radius 1 is 0.974 bits per heavy atom. The number of amides is 3. The zero-order chi connectivity index (χ0) is 26.7. The second-order valence-electron chi connectivity index (χ2n) is 9.21. The summed E-state index contributed by atoms with van der Waals surface area (Å²) in [7, 11) is 0. The summed E-state index contributed by atoms with van der Waals surface area (Å²) in [5, 5.41) is 13.9. The lowest BCUT2D eigenvalue weighted by Crippen LogP contribution is -2.59. The molecule has 11 nitrogen and oxygen atoms in total. The maximum absolute atomic E-state index is 13.7. The summed E-state index contributed by atoms with van der Waals surface area (Å²) in [6, 6.07) is 16.9. The predicted molar refractivity (Wildman–Crippen MR) is 134 cm³/mol. The van der Waals surface area contributed by atoms with Crippen LogP contribution in [0, 0.1) is 10.1 Å². The van der Waals surface area contributed by atoms with E-state index < -0.39 is 16.7 Å². The first-order valence-electron chi connectivity index (χ1n) is 12.2. The quantitative estimate of drug-likeness (QED) is 0.391. The predicted octanol–water partition coefficient (Wildman–Crippen LogP) is 2.98. The molecule has 11 heteroatoms. The van der Waals surface area contributed by atoms with E-state index in [1.165, 1.54) is 35.4 Å². The monoisotopic (exact) mass is 518 g/mol. The largest absolute Gasteiger partial charge is 0.467 e. The molecular weight excluding hydrogens is 492 g/mol. The van der Waals surface area contributed by atoms with Gasteiger partial charge in [0.25, 0.3) is 17.5 Å². The number of carbonyl (C=O) groups excluding carboxylic acids is 3. The normalized spacial score (nSPS) is 18.4. The molecule has 0 bridgehead atoms. The maximum atomic E-state index is 13.7. The molecule has 3 amide bonds. The summed E-state index contributed by atoms with van der Waals surface area (Å²) in [5.41, 5.74) is -0.586. The van der Waals surface area contributed by atoms with Gasteiger partial charge in [-0.15, -0.1) is 0 Å². The number of piperidine rings is 1. The van der Waals surface area contributed by atoms with Gasteiger partial charge >= 0.3 is 0 Å². The molecule has 2 aromatic carbocycles. The summed E-state index contributed by atoms with van der Waals surface area (Å²) in [5.74, 6) is -0.450. The molecule has 2 aliphatic heterocycles. The fraction of sp³-hybridized carbons (Fsp3) is 0.296. The number of nitrogens with zero attached hydrogens (tertiary/aromatic N) is 3. The Morgan fingerprint density at radius 3 is 2.39 bits per heavy atom. The standard InChI is InChI=1S/C27H26N4O7/c32-24(28-17-22-10-5-15-37-22)23-18-38-27(30(23)26(34)19-6-2-1-3-7-19)11-13-29(14-12-27)25(33)20-8-4-9-21(16-20)31(35)36/h1-10,15-16,23H,11-14,17-18H2,(H,28,32)/t23-/m0/s1. The minimum atomic E-state index is -1.07. The summed E-state index contributed by atoms with van der Waals surface area (Å²) in [4.78, 5) is 53.7. The first-order valence-corrected chi connectivity index (χ1v) is 12.2. The van der Waals surface area contributed by atoms with Crippen LogP contribution in [0.5, 0.6) is 0 Å². The van der Waals surface area contributed by atoms with Crippen molar-refractivity contribution in [3.05, 3.63) is 100.0 Å². The molecule has 1 atom stereocenters. The average Bonchev–Trinajstić information content (AvgIpc) is 3.60. The third-order valence-corrected chi connectivity index (χ3v) is 6.96. The molecule has 2 saturated heterocycles. The van der Waals surface area contributed by atoms with Crippen molar-refractivity contribution in [2.24, 2.45) is 0 Å². The maximum Gasteiger partial charge on any atom is 0.270 e. The van der Waals surface area contributed by atoms with E-state index in [4.69, 9.17) is 9.15 Å². The van der Waals surface area contributed by atoms with Crippen LogP contribution >= 0.6 is 0 Å². The van der Waals surface area contributed by atoms with Crippen LogP contribution in [0.2, 0.25) is 0 Å². The van der Waals surface area contributed by atoms with Crippen LogP contribution in [0.15, 0.2) is 77.4 Å². The molecule has 0 aliphatic carbocycles. The van der Waals surface area contributed by atoms with Gasteiger partial charge in [-0.1, -0.05) is 24.3 Å². The molecule has 196 valence electrons.